The molecule has 0 heterocycles. The molecule has 0 bridgehead atoms. The summed E-state index contributed by atoms with van der Waals surface area (Å²) < 4.78 is 0. The summed E-state index contributed by atoms with van der Waals surface area (Å²) in [6.07, 6.45) is 3.21. The van der Waals surface area contributed by atoms with Gasteiger partial charge in [-0.1, -0.05) is 26.3 Å². The van der Waals surface area contributed by atoms with E-state index in [1.807, 2.05) is 0 Å². The number of nitrogens with two attached hydrogens (primary N) is 1. The Morgan fingerprint density at radius 2 is 1.40 bits per heavy atom. The van der Waals surface area contributed by atoms with E-state index in [2.05, 4.69) is 20.8 Å². The van der Waals surface area contributed by atoms with Crippen molar-refractivity contribution in [3.8, 4) is 0 Å². The molecule has 2 N–H and O–H groups in total. The minimum Gasteiger partial charge on any atom is -0.402 e. The Morgan fingerprint density at radius 3 is 1.50 bits per heavy atom. The summed E-state index contributed by atoms with van der Waals surface area (Å²) in [5, 5.41) is 0. The third kappa shape index (κ3) is 3.78. The highest BCUT2D eigenvalue weighted by molar-refractivity contribution is 5.85. The van der Waals surface area contributed by atoms with Gasteiger partial charge in [0.1, 0.15) is 0 Å². The Labute approximate surface area is 70.1 Å². The van der Waals surface area contributed by atoms with Crippen molar-refractivity contribution in [3.63, 3.8) is 0 Å². The van der Waals surface area contributed by atoms with E-state index in [1.165, 1.54) is 5.57 Å². The lowest BCUT2D eigenvalue weighted by Gasteiger charge is -2.04. The van der Waals surface area contributed by atoms with Gasteiger partial charge >= 0.3 is 0 Å². The molecule has 0 aliphatic carbocycles. The van der Waals surface area contributed by atoms with Crippen LogP contribution in [-0.4, -0.2) is 0 Å². The zero-order chi connectivity index (χ0) is 7.28. The minimum atomic E-state index is 0. The first-order valence-corrected chi connectivity index (χ1v) is 3.72. The van der Waals surface area contributed by atoms with E-state index in [-0.39, 0.29) is 12.4 Å². The monoisotopic (exact) mass is 163 g/mol. The lowest BCUT2D eigenvalue weighted by molar-refractivity contribution is 0.899. The minimum absolute atomic E-state index is 0. The van der Waals surface area contributed by atoms with Crippen molar-refractivity contribution in [1.29, 1.82) is 0 Å². The van der Waals surface area contributed by atoms with Crippen LogP contribution >= 0.6 is 12.4 Å². The maximum absolute atomic E-state index is 5.72. The van der Waals surface area contributed by atoms with Crippen molar-refractivity contribution in [3.05, 3.63) is 11.3 Å². The van der Waals surface area contributed by atoms with Crippen LogP contribution in [0.4, 0.5) is 0 Å². The number of halogens is 1. The standard InChI is InChI=1S/C8H17N.ClH/c1-4-7(5-2)8(9)6-3;/h4-6,9H2,1-3H3;1H. The van der Waals surface area contributed by atoms with Gasteiger partial charge in [-0.25, -0.2) is 0 Å². The molecule has 0 atom stereocenters. The van der Waals surface area contributed by atoms with Crippen molar-refractivity contribution in [2.24, 2.45) is 5.73 Å². The molecule has 0 unspecified atom stereocenters. The van der Waals surface area contributed by atoms with Crippen molar-refractivity contribution in [1.82, 2.24) is 0 Å². The molecule has 0 aromatic heterocycles. The summed E-state index contributed by atoms with van der Waals surface area (Å²) in [7, 11) is 0. The lowest BCUT2D eigenvalue weighted by atomic mass is 10.1. The van der Waals surface area contributed by atoms with Crippen LogP contribution in [-0.2, 0) is 0 Å². The van der Waals surface area contributed by atoms with E-state index in [0.717, 1.165) is 25.0 Å². The maximum atomic E-state index is 5.72. The van der Waals surface area contributed by atoms with Crippen LogP contribution in [0.25, 0.3) is 0 Å². The summed E-state index contributed by atoms with van der Waals surface area (Å²) in [6.45, 7) is 6.41. The topological polar surface area (TPSA) is 26.0 Å². The van der Waals surface area contributed by atoms with Gasteiger partial charge in [0.15, 0.2) is 0 Å². The fourth-order valence-corrected chi connectivity index (χ4v) is 0.954. The van der Waals surface area contributed by atoms with E-state index >= 15 is 0 Å². The third-order valence-electron chi connectivity index (χ3n) is 1.69. The molecule has 0 rings (SSSR count). The Balaban J connectivity index is 0. The second-order valence-corrected chi connectivity index (χ2v) is 2.19. The fraction of sp³-hybridized carbons (Fsp3) is 0.750. The van der Waals surface area contributed by atoms with Gasteiger partial charge in [-0.05, 0) is 19.3 Å². The van der Waals surface area contributed by atoms with Crippen molar-refractivity contribution in [2.75, 3.05) is 0 Å². The first-order chi connectivity index (χ1) is 4.26. The van der Waals surface area contributed by atoms with Crippen LogP contribution in [0, 0.1) is 0 Å². The van der Waals surface area contributed by atoms with Crippen molar-refractivity contribution >= 4 is 12.4 Å². The van der Waals surface area contributed by atoms with Gasteiger partial charge in [-0.3, -0.25) is 0 Å². The largest absolute Gasteiger partial charge is 0.402 e. The molecule has 1 nitrogen and oxygen atoms in total. The van der Waals surface area contributed by atoms with E-state index in [1.54, 1.807) is 0 Å². The SMILES string of the molecule is CCC(N)=C(CC)CC.Cl. The molecule has 0 fully saturated rings. The summed E-state index contributed by atoms with van der Waals surface area (Å²) in [6, 6.07) is 0. The van der Waals surface area contributed by atoms with Crippen LogP contribution < -0.4 is 5.73 Å². The zero-order valence-electron chi connectivity index (χ0n) is 7.11. The van der Waals surface area contributed by atoms with Crippen LogP contribution in [0.1, 0.15) is 40.0 Å². The molecule has 0 aliphatic rings. The van der Waals surface area contributed by atoms with Crippen molar-refractivity contribution < 1.29 is 0 Å². The Bertz CT molecular complexity index is 102. The van der Waals surface area contributed by atoms with Gasteiger partial charge in [0.05, 0.1) is 0 Å². The van der Waals surface area contributed by atoms with E-state index < -0.39 is 0 Å². The summed E-state index contributed by atoms with van der Waals surface area (Å²) >= 11 is 0. The van der Waals surface area contributed by atoms with Gasteiger partial charge in [0, 0.05) is 5.70 Å². The third-order valence-corrected chi connectivity index (χ3v) is 1.69. The molecule has 0 aliphatic heterocycles. The molecular weight excluding hydrogens is 146 g/mol. The van der Waals surface area contributed by atoms with Gasteiger partial charge in [0.25, 0.3) is 0 Å². The average molecular weight is 164 g/mol. The summed E-state index contributed by atoms with van der Waals surface area (Å²) in [5.41, 5.74) is 8.22. The van der Waals surface area contributed by atoms with Gasteiger partial charge in [-0.2, -0.15) is 0 Å². The summed E-state index contributed by atoms with van der Waals surface area (Å²) in [5.74, 6) is 0. The molecule has 0 radical (unpaired) electrons. The first kappa shape index (κ1) is 12.5. The highest BCUT2D eigenvalue weighted by Crippen LogP contribution is 2.10. The van der Waals surface area contributed by atoms with Gasteiger partial charge < -0.3 is 5.73 Å². The Morgan fingerprint density at radius 1 is 1.00 bits per heavy atom. The second-order valence-electron chi connectivity index (χ2n) is 2.19. The molecule has 0 aromatic rings. The Hall–Kier alpha value is -0.170. The predicted molar refractivity (Wildman–Crippen MR) is 49.3 cm³/mol. The first-order valence-electron chi connectivity index (χ1n) is 3.72. The van der Waals surface area contributed by atoms with Gasteiger partial charge in [0.2, 0.25) is 0 Å². The lowest BCUT2D eigenvalue weighted by Crippen LogP contribution is -1.99. The van der Waals surface area contributed by atoms with E-state index in [0.29, 0.717) is 0 Å². The second kappa shape index (κ2) is 6.94. The van der Waals surface area contributed by atoms with Crippen LogP contribution in [0.3, 0.4) is 0 Å². The summed E-state index contributed by atoms with van der Waals surface area (Å²) in [4.78, 5) is 0. The highest BCUT2D eigenvalue weighted by atomic mass is 35.5. The molecule has 10 heavy (non-hydrogen) atoms. The fourth-order valence-electron chi connectivity index (χ4n) is 0.954. The van der Waals surface area contributed by atoms with Gasteiger partial charge in [-0.15, -0.1) is 12.4 Å². The maximum Gasteiger partial charge on any atom is 0.00693 e. The molecular formula is C8H18ClN. The number of hydrogen-bond acceptors (Lipinski definition) is 1. The number of hydrogen-bond donors (Lipinski definition) is 1. The van der Waals surface area contributed by atoms with Crippen LogP contribution in [0.15, 0.2) is 11.3 Å². The normalized spacial score (nSPS) is 8.30. The quantitative estimate of drug-likeness (QED) is 0.681. The number of rotatable bonds is 3. The van der Waals surface area contributed by atoms with E-state index in [9.17, 15) is 0 Å². The predicted octanol–water partition coefficient (Wildman–Crippen LogP) is 2.85. The smallest absolute Gasteiger partial charge is 0.00693 e. The molecule has 0 spiro atoms. The van der Waals surface area contributed by atoms with Crippen molar-refractivity contribution in [2.45, 2.75) is 40.0 Å². The zero-order valence-corrected chi connectivity index (χ0v) is 7.92. The number of allylic oxidation sites excluding steroid dienone is 2. The molecule has 0 saturated carbocycles. The van der Waals surface area contributed by atoms with Crippen LogP contribution in [0.5, 0.6) is 0 Å². The Kier molecular flexibility index (Phi) is 8.68. The molecule has 62 valence electrons. The molecule has 0 saturated heterocycles. The molecule has 0 aromatic carbocycles. The highest BCUT2D eigenvalue weighted by Gasteiger charge is 1.94. The molecule has 2 heteroatoms. The van der Waals surface area contributed by atoms with E-state index in [4.69, 9.17) is 5.73 Å². The molecule has 0 amide bonds. The van der Waals surface area contributed by atoms with Crippen LogP contribution in [0.2, 0.25) is 0 Å². The average Bonchev–Trinajstić information content (AvgIpc) is 1.90.